The summed E-state index contributed by atoms with van der Waals surface area (Å²) >= 11 is 0. The van der Waals surface area contributed by atoms with Crippen molar-refractivity contribution in [2.24, 2.45) is 5.92 Å². The number of ether oxygens (including phenoxy) is 2. The molecule has 0 aromatic heterocycles. The molecule has 0 aromatic carbocycles. The molecule has 2 atom stereocenters. The van der Waals surface area contributed by atoms with Gasteiger partial charge in [0.15, 0.2) is 6.10 Å². The summed E-state index contributed by atoms with van der Waals surface area (Å²) in [5.41, 5.74) is 0. The predicted molar refractivity (Wildman–Crippen MR) is 217 cm³/mol. The third kappa shape index (κ3) is 40.5. The maximum absolute atomic E-state index is 12.4. The zero-order chi connectivity index (χ0) is 39.3. The number of aliphatic hydroxyl groups is 1. The van der Waals surface area contributed by atoms with E-state index in [2.05, 4.69) is 43.5 Å². The van der Waals surface area contributed by atoms with E-state index in [9.17, 15) is 19.3 Å². The van der Waals surface area contributed by atoms with E-state index in [1.165, 1.54) is 57.8 Å². The van der Waals surface area contributed by atoms with Crippen molar-refractivity contribution in [2.45, 2.75) is 168 Å². The molecule has 3 N–H and O–H groups in total. The summed E-state index contributed by atoms with van der Waals surface area (Å²) in [6, 6.07) is 0. The maximum atomic E-state index is 12.4. The molecule has 0 radical (unpaired) electrons. The van der Waals surface area contributed by atoms with Gasteiger partial charge in [-0.05, 0) is 50.9 Å². The van der Waals surface area contributed by atoms with E-state index in [4.69, 9.17) is 19.3 Å². The standard InChI is InChI=1S/C43H73O9P/c1-4-5-6-7-23-28-33-40(44)34-29-24-19-15-12-13-16-20-25-30-35-42(45)50-37-41(38-51-53(47,48)49)52-43(46)36-31-26-21-17-11-9-8-10-14-18-22-27-32-39(2)3/h5-6,12-13,19-20,23-25,28-29,34,39-41,44H,4,7-11,14-18,21-22,26-27,30-33,35-38H2,1-3H3,(H2,47,48,49)/b6-5-,13-12-,24-19-,25-20-,28-23-,34-29+/t40?,41-/m1/s1. The maximum Gasteiger partial charge on any atom is 0.469 e. The molecule has 0 bridgehead atoms. The van der Waals surface area contributed by atoms with E-state index < -0.39 is 38.6 Å². The Morgan fingerprint density at radius 3 is 1.79 bits per heavy atom. The van der Waals surface area contributed by atoms with Crippen LogP contribution >= 0.6 is 7.82 Å². The van der Waals surface area contributed by atoms with Gasteiger partial charge in [0.2, 0.25) is 0 Å². The fourth-order valence-corrected chi connectivity index (χ4v) is 5.62. The molecule has 53 heavy (non-hydrogen) atoms. The number of carbonyl (C=O) groups is 2. The van der Waals surface area contributed by atoms with E-state index in [1.807, 2.05) is 48.6 Å². The van der Waals surface area contributed by atoms with Crippen molar-refractivity contribution in [1.82, 2.24) is 0 Å². The Morgan fingerprint density at radius 1 is 0.642 bits per heavy atom. The van der Waals surface area contributed by atoms with Gasteiger partial charge < -0.3 is 24.4 Å². The molecule has 10 heteroatoms. The van der Waals surface area contributed by atoms with Crippen molar-refractivity contribution < 1.29 is 43.0 Å². The quantitative estimate of drug-likeness (QED) is 0.0189. The van der Waals surface area contributed by atoms with Gasteiger partial charge in [-0.1, -0.05) is 171 Å². The molecule has 0 saturated carbocycles. The number of phosphoric ester groups is 1. The Bertz CT molecular complexity index is 1120. The molecule has 0 heterocycles. The highest BCUT2D eigenvalue weighted by Crippen LogP contribution is 2.36. The van der Waals surface area contributed by atoms with Crippen molar-refractivity contribution in [2.75, 3.05) is 13.2 Å². The number of allylic oxidation sites excluding steroid dienone is 10. The normalized spacial score (nSPS) is 13.9. The number of rotatable bonds is 35. The summed E-state index contributed by atoms with van der Waals surface area (Å²) in [4.78, 5) is 42.8. The summed E-state index contributed by atoms with van der Waals surface area (Å²) in [7, 11) is -4.78. The molecular formula is C43H73O9P. The fraction of sp³-hybridized carbons (Fsp3) is 0.674. The molecular weight excluding hydrogens is 691 g/mol. The van der Waals surface area contributed by atoms with Crippen LogP contribution in [-0.2, 0) is 28.2 Å². The van der Waals surface area contributed by atoms with Gasteiger partial charge >= 0.3 is 19.8 Å². The second kappa shape index (κ2) is 36.4. The van der Waals surface area contributed by atoms with Crippen molar-refractivity contribution in [3.63, 3.8) is 0 Å². The van der Waals surface area contributed by atoms with Crippen molar-refractivity contribution in [3.8, 4) is 0 Å². The van der Waals surface area contributed by atoms with Crippen molar-refractivity contribution in [3.05, 3.63) is 72.9 Å². The van der Waals surface area contributed by atoms with Gasteiger partial charge in [-0.15, -0.1) is 0 Å². The minimum Gasteiger partial charge on any atom is -0.462 e. The summed E-state index contributed by atoms with van der Waals surface area (Å²) < 4.78 is 26.3. The molecule has 0 aliphatic carbocycles. The Balaban J connectivity index is 4.14. The summed E-state index contributed by atoms with van der Waals surface area (Å²) in [5.74, 6) is -0.209. The number of hydrogen-bond donors (Lipinski definition) is 3. The van der Waals surface area contributed by atoms with Crippen molar-refractivity contribution >= 4 is 19.8 Å². The van der Waals surface area contributed by atoms with Crippen LogP contribution in [0.1, 0.15) is 156 Å². The summed E-state index contributed by atoms with van der Waals surface area (Å²) in [5, 5.41) is 9.96. The van der Waals surface area contributed by atoms with Crippen LogP contribution in [0.15, 0.2) is 72.9 Å². The molecule has 1 unspecified atom stereocenters. The van der Waals surface area contributed by atoms with Gasteiger partial charge in [0, 0.05) is 12.8 Å². The Hall–Kier alpha value is -2.55. The monoisotopic (exact) mass is 764 g/mol. The Kier molecular flexibility index (Phi) is 34.7. The number of aliphatic hydroxyl groups excluding tert-OH is 1. The highest BCUT2D eigenvalue weighted by Gasteiger charge is 2.22. The molecule has 0 aliphatic heterocycles. The van der Waals surface area contributed by atoms with Gasteiger partial charge in [-0.2, -0.15) is 0 Å². The average molecular weight is 765 g/mol. The van der Waals surface area contributed by atoms with Crippen LogP contribution in [0.3, 0.4) is 0 Å². The lowest BCUT2D eigenvalue weighted by molar-refractivity contribution is -0.161. The highest BCUT2D eigenvalue weighted by atomic mass is 31.2. The minimum atomic E-state index is -4.78. The Morgan fingerprint density at radius 2 is 1.19 bits per heavy atom. The first kappa shape index (κ1) is 50.5. The second-order valence-corrected chi connectivity index (χ2v) is 15.2. The lowest BCUT2D eigenvalue weighted by Crippen LogP contribution is -2.29. The first-order valence-corrected chi connectivity index (χ1v) is 21.7. The van der Waals surface area contributed by atoms with E-state index in [0.29, 0.717) is 25.7 Å². The van der Waals surface area contributed by atoms with Crippen LogP contribution in [-0.4, -0.2) is 52.3 Å². The second-order valence-electron chi connectivity index (χ2n) is 13.9. The van der Waals surface area contributed by atoms with E-state index in [0.717, 1.165) is 44.4 Å². The van der Waals surface area contributed by atoms with Gasteiger partial charge in [0.05, 0.1) is 12.7 Å². The fourth-order valence-electron chi connectivity index (χ4n) is 5.26. The molecule has 0 saturated heterocycles. The van der Waals surface area contributed by atoms with Gasteiger partial charge in [-0.25, -0.2) is 4.57 Å². The first-order chi connectivity index (χ1) is 25.5. The number of esters is 2. The van der Waals surface area contributed by atoms with Crippen LogP contribution in [0.25, 0.3) is 0 Å². The van der Waals surface area contributed by atoms with Gasteiger partial charge in [-0.3, -0.25) is 14.1 Å². The van der Waals surface area contributed by atoms with Crippen LogP contribution in [0.5, 0.6) is 0 Å². The molecule has 0 aromatic rings. The molecule has 0 aliphatic rings. The third-order valence-corrected chi connectivity index (χ3v) is 8.75. The van der Waals surface area contributed by atoms with Gasteiger partial charge in [0.1, 0.15) is 6.61 Å². The number of unbranched alkanes of at least 4 members (excludes halogenated alkanes) is 11. The van der Waals surface area contributed by atoms with Crippen LogP contribution in [0.4, 0.5) is 0 Å². The van der Waals surface area contributed by atoms with E-state index >= 15 is 0 Å². The molecule has 0 fully saturated rings. The lowest BCUT2D eigenvalue weighted by Gasteiger charge is -2.18. The average Bonchev–Trinajstić information content (AvgIpc) is 3.11. The predicted octanol–water partition coefficient (Wildman–Crippen LogP) is 11.1. The number of phosphoric acid groups is 1. The first-order valence-electron chi connectivity index (χ1n) is 20.2. The number of carbonyl (C=O) groups excluding carboxylic acids is 2. The van der Waals surface area contributed by atoms with Crippen LogP contribution in [0, 0.1) is 5.92 Å². The van der Waals surface area contributed by atoms with Crippen LogP contribution in [0.2, 0.25) is 0 Å². The number of hydrogen-bond acceptors (Lipinski definition) is 7. The molecule has 0 amide bonds. The summed E-state index contributed by atoms with van der Waals surface area (Å²) in [6.45, 7) is 5.75. The largest absolute Gasteiger partial charge is 0.469 e. The molecule has 0 spiro atoms. The van der Waals surface area contributed by atoms with E-state index in [-0.39, 0.29) is 19.4 Å². The molecule has 0 rings (SSSR count). The Labute approximate surface area is 322 Å². The molecule has 304 valence electrons. The zero-order valence-corrected chi connectivity index (χ0v) is 34.1. The zero-order valence-electron chi connectivity index (χ0n) is 33.2. The summed E-state index contributed by atoms with van der Waals surface area (Å²) in [6.07, 6.45) is 42.4. The lowest BCUT2D eigenvalue weighted by atomic mass is 10.0. The third-order valence-electron chi connectivity index (χ3n) is 8.26. The van der Waals surface area contributed by atoms with Crippen LogP contribution < -0.4 is 0 Å². The van der Waals surface area contributed by atoms with Gasteiger partial charge in [0.25, 0.3) is 0 Å². The van der Waals surface area contributed by atoms with E-state index in [1.54, 1.807) is 6.08 Å². The van der Waals surface area contributed by atoms with Crippen molar-refractivity contribution in [1.29, 1.82) is 0 Å². The smallest absolute Gasteiger partial charge is 0.462 e. The SMILES string of the molecule is CC/C=C\C/C=C\CC(O)/C=C/C=C\C/C=C\C/C=C\CCC(=O)OC[C@H](COP(=O)(O)O)OC(=O)CCCCCCCCCCCCCCC(C)C. The molecule has 9 nitrogen and oxygen atoms in total. The minimum absolute atomic E-state index is 0.116. The highest BCUT2D eigenvalue weighted by molar-refractivity contribution is 7.46. The topological polar surface area (TPSA) is 140 Å².